The number of amides is 1. The summed E-state index contributed by atoms with van der Waals surface area (Å²) >= 11 is 0. The van der Waals surface area contributed by atoms with Crippen molar-refractivity contribution in [3.05, 3.63) is 0 Å². The van der Waals surface area contributed by atoms with Gasteiger partial charge in [-0.2, -0.15) is 0 Å². The lowest BCUT2D eigenvalue weighted by Crippen LogP contribution is -2.45. The molecule has 1 saturated heterocycles. The largest absolute Gasteiger partial charge is 0.372 e. The number of hydrogen-bond acceptors (Lipinski definition) is 2. The minimum absolute atomic E-state index is 0.107. The zero-order valence-electron chi connectivity index (χ0n) is 8.12. The van der Waals surface area contributed by atoms with Crippen molar-refractivity contribution in [2.75, 3.05) is 20.2 Å². The molecule has 1 aliphatic heterocycles. The molecule has 0 radical (unpaired) electrons. The van der Waals surface area contributed by atoms with Gasteiger partial charge in [0.15, 0.2) is 0 Å². The predicted octanol–water partition coefficient (Wildman–Crippen LogP) is 0.982. The Kier molecular flexibility index (Phi) is 3.66. The summed E-state index contributed by atoms with van der Waals surface area (Å²) < 4.78 is 17.8. The van der Waals surface area contributed by atoms with Crippen LogP contribution >= 0.6 is 0 Å². The predicted molar refractivity (Wildman–Crippen MR) is 47.2 cm³/mol. The molecule has 2 unspecified atom stereocenters. The van der Waals surface area contributed by atoms with E-state index in [1.54, 1.807) is 11.8 Å². The molecule has 0 aliphatic carbocycles. The summed E-state index contributed by atoms with van der Waals surface area (Å²) in [4.78, 5) is 13.1. The van der Waals surface area contributed by atoms with Crippen molar-refractivity contribution in [2.24, 2.45) is 0 Å². The number of nitrogens with zero attached hydrogens (tertiary/aromatic N) is 1. The molecule has 1 heterocycles. The second-order valence-corrected chi connectivity index (χ2v) is 3.40. The maximum absolute atomic E-state index is 12.9. The lowest BCUT2D eigenvalue weighted by molar-refractivity contribution is -0.143. The van der Waals surface area contributed by atoms with Gasteiger partial charge in [0.25, 0.3) is 5.91 Å². The van der Waals surface area contributed by atoms with E-state index in [-0.39, 0.29) is 12.5 Å². The average Bonchev–Trinajstić information content (AvgIpc) is 2.15. The second kappa shape index (κ2) is 4.56. The summed E-state index contributed by atoms with van der Waals surface area (Å²) in [7, 11) is 1.49. The topological polar surface area (TPSA) is 29.5 Å². The summed E-state index contributed by atoms with van der Waals surface area (Å²) in [5.74, 6) is -0.107. The zero-order valence-corrected chi connectivity index (χ0v) is 8.12. The maximum Gasteiger partial charge on any atom is 0.251 e. The first kappa shape index (κ1) is 10.4. The van der Waals surface area contributed by atoms with E-state index in [4.69, 9.17) is 4.74 Å². The van der Waals surface area contributed by atoms with Gasteiger partial charge in [0.2, 0.25) is 0 Å². The number of halogens is 1. The summed E-state index contributed by atoms with van der Waals surface area (Å²) in [6.07, 6.45) is 0.0150. The standard InChI is InChI=1S/C9H16FNO2/c1-7(13-2)9(12)11-5-3-4-8(10)6-11/h7-8H,3-6H2,1-2H3. The molecule has 0 aromatic carbocycles. The molecule has 1 rings (SSSR count). The van der Waals surface area contributed by atoms with Gasteiger partial charge in [-0.15, -0.1) is 0 Å². The number of methoxy groups -OCH3 is 1. The Morgan fingerprint density at radius 2 is 2.38 bits per heavy atom. The first-order chi connectivity index (χ1) is 6.15. The van der Waals surface area contributed by atoms with Crippen LogP contribution in [0.1, 0.15) is 19.8 Å². The number of alkyl halides is 1. The van der Waals surface area contributed by atoms with Gasteiger partial charge < -0.3 is 9.64 Å². The van der Waals surface area contributed by atoms with Crippen LogP contribution in [0.25, 0.3) is 0 Å². The highest BCUT2D eigenvalue weighted by atomic mass is 19.1. The molecule has 13 heavy (non-hydrogen) atoms. The van der Waals surface area contributed by atoms with E-state index in [1.807, 2.05) is 0 Å². The minimum atomic E-state index is -0.859. The number of ether oxygens (including phenoxy) is 1. The van der Waals surface area contributed by atoms with Crippen molar-refractivity contribution in [3.63, 3.8) is 0 Å². The number of carbonyl (C=O) groups excluding carboxylic acids is 1. The Morgan fingerprint density at radius 3 is 2.92 bits per heavy atom. The lowest BCUT2D eigenvalue weighted by atomic mass is 10.1. The van der Waals surface area contributed by atoms with Gasteiger partial charge in [-0.25, -0.2) is 4.39 Å². The normalized spacial score (nSPS) is 25.8. The van der Waals surface area contributed by atoms with Gasteiger partial charge in [0, 0.05) is 13.7 Å². The van der Waals surface area contributed by atoms with Crippen LogP contribution in [0.5, 0.6) is 0 Å². The lowest BCUT2D eigenvalue weighted by Gasteiger charge is -2.30. The molecular formula is C9H16FNO2. The van der Waals surface area contributed by atoms with Crippen molar-refractivity contribution in [1.82, 2.24) is 4.90 Å². The van der Waals surface area contributed by atoms with E-state index < -0.39 is 12.3 Å². The van der Waals surface area contributed by atoms with Gasteiger partial charge in [-0.3, -0.25) is 4.79 Å². The van der Waals surface area contributed by atoms with Crippen LogP contribution in [-0.2, 0) is 9.53 Å². The molecule has 0 bridgehead atoms. The van der Waals surface area contributed by atoms with Crippen LogP contribution in [-0.4, -0.2) is 43.3 Å². The van der Waals surface area contributed by atoms with Gasteiger partial charge in [0.1, 0.15) is 12.3 Å². The molecular weight excluding hydrogens is 173 g/mol. The molecule has 76 valence electrons. The average molecular weight is 189 g/mol. The molecule has 0 spiro atoms. The SMILES string of the molecule is COC(C)C(=O)N1CCCC(F)C1. The summed E-state index contributed by atoms with van der Waals surface area (Å²) in [5, 5.41) is 0. The Bertz CT molecular complexity index is 186. The van der Waals surface area contributed by atoms with Crippen molar-refractivity contribution in [1.29, 1.82) is 0 Å². The molecule has 1 aliphatic rings. The number of rotatable bonds is 2. The molecule has 2 atom stereocenters. The first-order valence-electron chi connectivity index (χ1n) is 4.60. The highest BCUT2D eigenvalue weighted by molar-refractivity contribution is 5.80. The Hall–Kier alpha value is -0.640. The van der Waals surface area contributed by atoms with Crippen molar-refractivity contribution in [3.8, 4) is 0 Å². The number of likely N-dealkylation sites (tertiary alicyclic amines) is 1. The molecule has 0 saturated carbocycles. The van der Waals surface area contributed by atoms with E-state index in [2.05, 4.69) is 0 Å². The van der Waals surface area contributed by atoms with Crippen LogP contribution in [0.2, 0.25) is 0 Å². The summed E-state index contributed by atoms with van der Waals surface area (Å²) in [6, 6.07) is 0. The molecule has 0 aromatic rings. The first-order valence-corrected chi connectivity index (χ1v) is 4.60. The number of piperidine rings is 1. The molecule has 0 N–H and O–H groups in total. The van der Waals surface area contributed by atoms with Gasteiger partial charge in [0.05, 0.1) is 6.54 Å². The Morgan fingerprint density at radius 1 is 1.69 bits per heavy atom. The van der Waals surface area contributed by atoms with Gasteiger partial charge in [-0.1, -0.05) is 0 Å². The fourth-order valence-corrected chi connectivity index (χ4v) is 1.48. The molecule has 4 heteroatoms. The zero-order chi connectivity index (χ0) is 9.84. The van der Waals surface area contributed by atoms with Crippen LogP contribution in [0, 0.1) is 0 Å². The van der Waals surface area contributed by atoms with Crippen LogP contribution < -0.4 is 0 Å². The monoisotopic (exact) mass is 189 g/mol. The van der Waals surface area contributed by atoms with Gasteiger partial charge in [-0.05, 0) is 19.8 Å². The fraction of sp³-hybridized carbons (Fsp3) is 0.889. The molecule has 1 fully saturated rings. The van der Waals surface area contributed by atoms with E-state index in [0.29, 0.717) is 13.0 Å². The number of carbonyl (C=O) groups is 1. The van der Waals surface area contributed by atoms with Crippen molar-refractivity contribution < 1.29 is 13.9 Å². The fourth-order valence-electron chi connectivity index (χ4n) is 1.48. The van der Waals surface area contributed by atoms with Gasteiger partial charge >= 0.3 is 0 Å². The van der Waals surface area contributed by atoms with Crippen LogP contribution in [0.4, 0.5) is 4.39 Å². The Labute approximate surface area is 77.9 Å². The molecule has 1 amide bonds. The highest BCUT2D eigenvalue weighted by Gasteiger charge is 2.26. The van der Waals surface area contributed by atoms with Crippen LogP contribution in [0.15, 0.2) is 0 Å². The summed E-state index contributed by atoms with van der Waals surface area (Å²) in [5.41, 5.74) is 0. The second-order valence-electron chi connectivity index (χ2n) is 3.40. The smallest absolute Gasteiger partial charge is 0.251 e. The van der Waals surface area contributed by atoms with Crippen LogP contribution in [0.3, 0.4) is 0 Å². The van der Waals surface area contributed by atoms with E-state index >= 15 is 0 Å². The minimum Gasteiger partial charge on any atom is -0.372 e. The quantitative estimate of drug-likeness (QED) is 0.648. The summed E-state index contributed by atoms with van der Waals surface area (Å²) in [6.45, 7) is 2.57. The highest BCUT2D eigenvalue weighted by Crippen LogP contribution is 2.14. The Balaban J connectivity index is 2.46. The van der Waals surface area contributed by atoms with E-state index in [1.165, 1.54) is 7.11 Å². The third-order valence-corrected chi connectivity index (χ3v) is 2.38. The van der Waals surface area contributed by atoms with Crippen molar-refractivity contribution >= 4 is 5.91 Å². The number of hydrogen-bond donors (Lipinski definition) is 0. The van der Waals surface area contributed by atoms with E-state index in [9.17, 15) is 9.18 Å². The maximum atomic E-state index is 12.9. The molecule has 3 nitrogen and oxygen atoms in total. The van der Waals surface area contributed by atoms with E-state index in [0.717, 1.165) is 6.42 Å². The third kappa shape index (κ3) is 2.66. The van der Waals surface area contributed by atoms with Crippen molar-refractivity contribution in [2.45, 2.75) is 32.0 Å². The molecule has 0 aromatic heterocycles. The third-order valence-electron chi connectivity index (χ3n) is 2.38.